The maximum Gasteiger partial charge on any atom is 0.452 e. The first-order valence-electron chi connectivity index (χ1n) is 10.6. The molecule has 0 spiro atoms. The molecule has 4 rings (SSSR count). The number of halogens is 3. The van der Waals surface area contributed by atoms with E-state index in [9.17, 15) is 26.7 Å². The molecule has 0 aliphatic heterocycles. The smallest absolute Gasteiger partial charge is 0.452 e. The number of benzene rings is 1. The highest BCUT2D eigenvalue weighted by Crippen LogP contribution is 2.63. The highest BCUT2D eigenvalue weighted by Gasteiger charge is 2.73. The minimum atomic E-state index is -4.71. The van der Waals surface area contributed by atoms with Gasteiger partial charge in [-0.15, -0.1) is 11.3 Å². The van der Waals surface area contributed by atoms with Gasteiger partial charge >= 0.3 is 12.1 Å². The van der Waals surface area contributed by atoms with Crippen molar-refractivity contribution in [2.45, 2.75) is 50.9 Å². The van der Waals surface area contributed by atoms with Crippen LogP contribution in [-0.2, 0) is 27.0 Å². The lowest BCUT2D eigenvalue weighted by Gasteiger charge is -2.35. The van der Waals surface area contributed by atoms with Crippen molar-refractivity contribution in [2.24, 2.45) is 5.92 Å². The molecule has 0 N–H and O–H groups in total. The summed E-state index contributed by atoms with van der Waals surface area (Å²) >= 11 is -2.03. The highest BCUT2D eigenvalue weighted by molar-refractivity contribution is 7.81. The van der Waals surface area contributed by atoms with E-state index in [1.54, 1.807) is 39.8 Å². The van der Waals surface area contributed by atoms with Crippen molar-refractivity contribution >= 4 is 33.6 Å². The molecule has 3 aromatic rings. The van der Waals surface area contributed by atoms with E-state index >= 15 is 0 Å². The van der Waals surface area contributed by atoms with Gasteiger partial charge in [-0.1, -0.05) is 42.4 Å². The van der Waals surface area contributed by atoms with E-state index in [-0.39, 0.29) is 15.6 Å². The van der Waals surface area contributed by atoms with Crippen LogP contribution in [-0.4, -0.2) is 31.0 Å². The first-order valence-corrected chi connectivity index (χ1v) is 12.4. The molecular weight excluding hydrogens is 505 g/mol. The lowest BCUT2D eigenvalue weighted by molar-refractivity contribution is -0.158. The number of esters is 1. The molecule has 1 aliphatic carbocycles. The summed E-state index contributed by atoms with van der Waals surface area (Å²) < 4.78 is 75.0. The zero-order chi connectivity index (χ0) is 25.8. The van der Waals surface area contributed by atoms with Crippen LogP contribution in [0.2, 0.25) is 0 Å². The fourth-order valence-corrected chi connectivity index (χ4v) is 6.33. The predicted molar refractivity (Wildman–Crippen MR) is 123 cm³/mol. The number of carbonyl (C=O) groups is 1. The number of hydrogen-bond donors (Lipinski definition) is 0. The SMILES string of the molecule is CC1C(c2ccccc2)C1(C(=O)OC(C)(C)C)N(c1ccc(-c2cc(C(F)(F)F)on2)s1)S(=O)[O-]. The third-order valence-electron chi connectivity index (χ3n) is 5.76. The van der Waals surface area contributed by atoms with Crippen molar-refractivity contribution in [1.82, 2.24) is 5.16 Å². The summed E-state index contributed by atoms with van der Waals surface area (Å²) in [6.07, 6.45) is -4.71. The summed E-state index contributed by atoms with van der Waals surface area (Å²) in [5, 5.41) is 3.60. The van der Waals surface area contributed by atoms with Gasteiger partial charge in [0.25, 0.3) is 0 Å². The van der Waals surface area contributed by atoms with Gasteiger partial charge in [0.05, 0.1) is 4.88 Å². The molecular formula is C23H22F3N2O5S2-. The van der Waals surface area contributed by atoms with Crippen LogP contribution in [0.25, 0.3) is 10.6 Å². The minimum absolute atomic E-state index is 0.0972. The van der Waals surface area contributed by atoms with E-state index in [0.29, 0.717) is 0 Å². The molecule has 1 fully saturated rings. The Bertz CT molecular complexity index is 1250. The first kappa shape index (κ1) is 25.4. The summed E-state index contributed by atoms with van der Waals surface area (Å²) in [6.45, 7) is 6.83. The molecule has 1 aliphatic rings. The van der Waals surface area contributed by atoms with E-state index < -0.39 is 52.1 Å². The van der Waals surface area contributed by atoms with Gasteiger partial charge in [-0.3, -0.25) is 8.51 Å². The molecule has 4 unspecified atom stereocenters. The van der Waals surface area contributed by atoms with Crippen molar-refractivity contribution < 1.29 is 36.0 Å². The van der Waals surface area contributed by atoms with E-state index in [0.717, 1.165) is 27.3 Å². The van der Waals surface area contributed by atoms with Crippen molar-refractivity contribution in [3.8, 4) is 10.6 Å². The summed E-state index contributed by atoms with van der Waals surface area (Å²) in [5.74, 6) is -2.90. The topological polar surface area (TPSA) is 95.7 Å². The van der Waals surface area contributed by atoms with Crippen molar-refractivity contribution in [2.75, 3.05) is 4.31 Å². The fraction of sp³-hybridized carbons (Fsp3) is 0.391. The molecule has 35 heavy (non-hydrogen) atoms. The Morgan fingerprint density at radius 1 is 1.20 bits per heavy atom. The van der Waals surface area contributed by atoms with Crippen molar-refractivity contribution in [1.29, 1.82) is 0 Å². The molecule has 0 bridgehead atoms. The quantitative estimate of drug-likeness (QED) is 0.309. The second-order valence-corrected chi connectivity index (χ2v) is 11.1. The molecule has 0 radical (unpaired) electrons. The fourth-order valence-electron chi connectivity index (χ4n) is 4.29. The third-order valence-corrected chi connectivity index (χ3v) is 7.77. The van der Waals surface area contributed by atoms with Gasteiger partial charge in [0.15, 0.2) is 5.54 Å². The maximum atomic E-state index is 13.6. The second-order valence-electron chi connectivity index (χ2n) is 9.23. The number of rotatable bonds is 6. The number of anilines is 1. The summed E-state index contributed by atoms with van der Waals surface area (Å²) in [6, 6.07) is 12.6. The lowest BCUT2D eigenvalue weighted by Crippen LogP contribution is -2.50. The molecule has 12 heteroatoms. The number of thiophene rings is 1. The number of hydrogen-bond acceptors (Lipinski definition) is 7. The lowest BCUT2D eigenvalue weighted by atomic mass is 10.1. The molecule has 0 amide bonds. The van der Waals surface area contributed by atoms with E-state index in [4.69, 9.17) is 4.74 Å². The predicted octanol–water partition coefficient (Wildman–Crippen LogP) is 5.54. The van der Waals surface area contributed by atoms with Crippen LogP contribution in [0.5, 0.6) is 0 Å². The number of carbonyl (C=O) groups excluding carboxylic acids is 1. The number of aromatic nitrogens is 1. The molecule has 0 saturated heterocycles. The molecule has 1 aromatic carbocycles. The Kier molecular flexibility index (Phi) is 6.35. The van der Waals surface area contributed by atoms with E-state index in [1.807, 2.05) is 18.2 Å². The van der Waals surface area contributed by atoms with E-state index in [2.05, 4.69) is 9.68 Å². The number of ether oxygens (including phenoxy) is 1. The minimum Gasteiger partial charge on any atom is -0.755 e. The molecule has 188 valence electrons. The van der Waals surface area contributed by atoms with Gasteiger partial charge in [-0.05, 0) is 38.5 Å². The van der Waals surface area contributed by atoms with Crippen molar-refractivity contribution in [3.63, 3.8) is 0 Å². The van der Waals surface area contributed by atoms with Gasteiger partial charge in [-0.25, -0.2) is 4.79 Å². The Morgan fingerprint density at radius 2 is 1.86 bits per heavy atom. The van der Waals surface area contributed by atoms with Crippen LogP contribution < -0.4 is 4.31 Å². The summed E-state index contributed by atoms with van der Waals surface area (Å²) in [7, 11) is 0. The summed E-state index contributed by atoms with van der Waals surface area (Å²) in [4.78, 5) is 13.8. The molecule has 2 aromatic heterocycles. The largest absolute Gasteiger partial charge is 0.755 e. The van der Waals surface area contributed by atoms with Crippen LogP contribution in [0.3, 0.4) is 0 Å². The van der Waals surface area contributed by atoms with E-state index in [1.165, 1.54) is 12.1 Å². The van der Waals surface area contributed by atoms with Gasteiger partial charge in [0.2, 0.25) is 5.76 Å². The van der Waals surface area contributed by atoms with Crippen molar-refractivity contribution in [3.05, 3.63) is 59.9 Å². The zero-order valence-corrected chi connectivity index (χ0v) is 20.8. The Labute approximate surface area is 206 Å². The van der Waals surface area contributed by atoms with Crippen LogP contribution in [0.1, 0.15) is 44.9 Å². The standard InChI is InChI=1S/C23H23F3N2O5S2/c1-13-19(14-8-6-5-7-9-14)22(13,20(29)32-21(2,3)4)28(35(30)31)18-11-10-16(34-18)15-12-17(33-27-15)23(24,25)26/h5-13,19H,1-4H3,(H,30,31)/p-1. The Balaban J connectivity index is 1.78. The molecule has 2 heterocycles. The van der Waals surface area contributed by atoms with Gasteiger partial charge in [-0.2, -0.15) is 13.2 Å². The molecule has 1 saturated carbocycles. The summed E-state index contributed by atoms with van der Waals surface area (Å²) in [5.41, 5.74) is -1.77. The number of alkyl halides is 3. The van der Waals surface area contributed by atoms with Crippen LogP contribution in [0.4, 0.5) is 18.2 Å². The Hall–Kier alpha value is -2.70. The van der Waals surface area contributed by atoms with Crippen LogP contribution in [0, 0.1) is 5.92 Å². The monoisotopic (exact) mass is 527 g/mol. The Morgan fingerprint density at radius 3 is 2.40 bits per heavy atom. The maximum absolute atomic E-state index is 13.6. The average molecular weight is 528 g/mol. The first-order chi connectivity index (χ1) is 16.3. The van der Waals surface area contributed by atoms with Gasteiger partial charge in [0, 0.05) is 29.2 Å². The average Bonchev–Trinajstić information content (AvgIpc) is 3.14. The van der Waals surface area contributed by atoms with Gasteiger partial charge < -0.3 is 13.8 Å². The number of nitrogens with zero attached hydrogens (tertiary/aromatic N) is 2. The normalized spacial score (nSPS) is 23.1. The molecule has 7 nitrogen and oxygen atoms in total. The highest BCUT2D eigenvalue weighted by atomic mass is 32.2. The molecule has 4 atom stereocenters. The van der Waals surface area contributed by atoms with Gasteiger partial charge in [0.1, 0.15) is 16.3 Å². The van der Waals surface area contributed by atoms with Crippen LogP contribution >= 0.6 is 11.3 Å². The van der Waals surface area contributed by atoms with Crippen LogP contribution in [0.15, 0.2) is 53.1 Å². The zero-order valence-electron chi connectivity index (χ0n) is 19.2. The second kappa shape index (κ2) is 8.75. The third kappa shape index (κ3) is 4.62.